The highest BCUT2D eigenvalue weighted by atomic mass is 16.5. The van der Waals surface area contributed by atoms with E-state index in [4.69, 9.17) is 10.3 Å². The fraction of sp³-hybridized carbons (Fsp3) is 0.421. The monoisotopic (exact) mass is 358 g/mol. The summed E-state index contributed by atoms with van der Waals surface area (Å²) in [4.78, 5) is 24.5. The Labute approximate surface area is 153 Å². The van der Waals surface area contributed by atoms with Crippen molar-refractivity contribution in [2.75, 3.05) is 26.7 Å². The molecule has 1 aromatic carbocycles. The van der Waals surface area contributed by atoms with Crippen LogP contribution in [0.5, 0.6) is 0 Å². The highest BCUT2D eigenvalue weighted by Gasteiger charge is 2.10. The third-order valence-electron chi connectivity index (χ3n) is 4.09. The van der Waals surface area contributed by atoms with Gasteiger partial charge in [0.15, 0.2) is 0 Å². The van der Waals surface area contributed by atoms with Gasteiger partial charge in [0.1, 0.15) is 11.5 Å². The number of nitrogens with two attached hydrogens (primary N) is 1. The molecule has 140 valence electrons. The van der Waals surface area contributed by atoms with Crippen LogP contribution in [0.1, 0.15) is 25.0 Å². The first-order valence-corrected chi connectivity index (χ1v) is 8.82. The van der Waals surface area contributed by atoms with Crippen molar-refractivity contribution in [3.63, 3.8) is 0 Å². The van der Waals surface area contributed by atoms with Gasteiger partial charge in [0, 0.05) is 31.6 Å². The number of hydrogen-bond donors (Lipinski definition) is 2. The molecule has 0 spiro atoms. The molecule has 0 saturated carbocycles. The number of rotatable bonds is 10. The summed E-state index contributed by atoms with van der Waals surface area (Å²) in [5, 5.41) is 6.58. The van der Waals surface area contributed by atoms with Crippen molar-refractivity contribution in [3.8, 4) is 11.3 Å². The highest BCUT2D eigenvalue weighted by Crippen LogP contribution is 2.19. The Morgan fingerprint density at radius 3 is 2.69 bits per heavy atom. The average molecular weight is 358 g/mol. The second-order valence-corrected chi connectivity index (χ2v) is 6.15. The molecule has 0 bridgehead atoms. The second-order valence-electron chi connectivity index (χ2n) is 6.15. The highest BCUT2D eigenvalue weighted by molar-refractivity contribution is 5.85. The maximum atomic E-state index is 11.8. The van der Waals surface area contributed by atoms with Crippen LogP contribution in [-0.2, 0) is 16.0 Å². The quantitative estimate of drug-likeness (QED) is 0.628. The number of hydrogen-bond acceptors (Lipinski definition) is 5. The molecule has 2 aromatic rings. The lowest BCUT2D eigenvalue weighted by atomic mass is 10.1. The molecule has 0 saturated heterocycles. The van der Waals surface area contributed by atoms with Gasteiger partial charge < -0.3 is 20.5 Å². The third-order valence-corrected chi connectivity index (χ3v) is 4.09. The van der Waals surface area contributed by atoms with Crippen LogP contribution in [0.4, 0.5) is 0 Å². The number of unbranched alkanes of at least 4 members (excludes halogenated alkanes) is 2. The number of benzene rings is 1. The van der Waals surface area contributed by atoms with Crippen molar-refractivity contribution in [2.24, 2.45) is 5.73 Å². The normalized spacial score (nSPS) is 10.5. The zero-order chi connectivity index (χ0) is 18.8. The first-order valence-electron chi connectivity index (χ1n) is 8.82. The van der Waals surface area contributed by atoms with E-state index in [1.807, 2.05) is 36.4 Å². The molecule has 0 radical (unpaired) electrons. The van der Waals surface area contributed by atoms with E-state index in [2.05, 4.69) is 10.5 Å². The molecule has 0 unspecified atom stereocenters. The molecule has 0 aliphatic carbocycles. The molecular formula is C19H26N4O3. The molecule has 0 atom stereocenters. The Morgan fingerprint density at radius 1 is 1.19 bits per heavy atom. The lowest BCUT2D eigenvalue weighted by Gasteiger charge is -2.17. The van der Waals surface area contributed by atoms with Gasteiger partial charge in [-0.3, -0.25) is 9.59 Å². The molecule has 7 heteroatoms. The van der Waals surface area contributed by atoms with Crippen LogP contribution in [0.2, 0.25) is 0 Å². The number of amides is 2. The molecule has 1 heterocycles. The number of carbonyl (C=O) groups is 2. The SMILES string of the molecule is CN(CCCCCc1cc(-c2ccccc2)no1)C(=O)CNC(=O)CN. The number of carbonyl (C=O) groups excluding carboxylic acids is 2. The van der Waals surface area contributed by atoms with Crippen molar-refractivity contribution in [1.82, 2.24) is 15.4 Å². The van der Waals surface area contributed by atoms with Crippen LogP contribution in [0.3, 0.4) is 0 Å². The van der Waals surface area contributed by atoms with Gasteiger partial charge in [-0.15, -0.1) is 0 Å². The molecule has 26 heavy (non-hydrogen) atoms. The fourth-order valence-electron chi connectivity index (χ4n) is 2.51. The maximum Gasteiger partial charge on any atom is 0.241 e. The van der Waals surface area contributed by atoms with Gasteiger partial charge in [-0.1, -0.05) is 41.9 Å². The molecule has 2 rings (SSSR count). The van der Waals surface area contributed by atoms with Gasteiger partial charge in [0.2, 0.25) is 11.8 Å². The van der Waals surface area contributed by atoms with Gasteiger partial charge in [-0.25, -0.2) is 0 Å². The van der Waals surface area contributed by atoms with Gasteiger partial charge in [-0.2, -0.15) is 0 Å². The van der Waals surface area contributed by atoms with E-state index in [1.54, 1.807) is 11.9 Å². The molecule has 0 fully saturated rings. The summed E-state index contributed by atoms with van der Waals surface area (Å²) in [6, 6.07) is 11.9. The van der Waals surface area contributed by atoms with Crippen molar-refractivity contribution in [1.29, 1.82) is 0 Å². The minimum atomic E-state index is -0.325. The second kappa shape index (κ2) is 10.4. The summed E-state index contributed by atoms with van der Waals surface area (Å²) in [7, 11) is 1.74. The Kier molecular flexibility index (Phi) is 7.82. The van der Waals surface area contributed by atoms with Crippen LogP contribution < -0.4 is 11.1 Å². The molecule has 0 aliphatic heterocycles. The lowest BCUT2D eigenvalue weighted by Crippen LogP contribution is -2.40. The van der Waals surface area contributed by atoms with Crippen molar-refractivity contribution < 1.29 is 14.1 Å². The fourth-order valence-corrected chi connectivity index (χ4v) is 2.51. The Balaban J connectivity index is 1.62. The zero-order valence-electron chi connectivity index (χ0n) is 15.1. The minimum Gasteiger partial charge on any atom is -0.361 e. The van der Waals surface area contributed by atoms with E-state index in [0.29, 0.717) is 6.54 Å². The van der Waals surface area contributed by atoms with Crippen LogP contribution in [0.15, 0.2) is 40.9 Å². The van der Waals surface area contributed by atoms with Crippen LogP contribution in [0, 0.1) is 0 Å². The first-order chi connectivity index (χ1) is 12.6. The number of nitrogens with zero attached hydrogens (tertiary/aromatic N) is 2. The Hall–Kier alpha value is -2.67. The van der Waals surface area contributed by atoms with Crippen molar-refractivity contribution in [3.05, 3.63) is 42.2 Å². The summed E-state index contributed by atoms with van der Waals surface area (Å²) < 4.78 is 5.38. The van der Waals surface area contributed by atoms with E-state index in [1.165, 1.54) is 0 Å². The summed E-state index contributed by atoms with van der Waals surface area (Å²) >= 11 is 0. The molecule has 1 aromatic heterocycles. The number of nitrogens with one attached hydrogen (secondary N) is 1. The van der Waals surface area contributed by atoms with Crippen LogP contribution >= 0.6 is 0 Å². The summed E-state index contributed by atoms with van der Waals surface area (Å²) in [6.07, 6.45) is 3.67. The lowest BCUT2D eigenvalue weighted by molar-refractivity contribution is -0.131. The average Bonchev–Trinajstić information content (AvgIpc) is 3.15. The van der Waals surface area contributed by atoms with Gasteiger partial charge >= 0.3 is 0 Å². The number of aromatic nitrogens is 1. The van der Waals surface area contributed by atoms with Gasteiger partial charge in [0.25, 0.3) is 0 Å². The minimum absolute atomic E-state index is 0.00708. The zero-order valence-corrected chi connectivity index (χ0v) is 15.1. The third kappa shape index (κ3) is 6.33. The van der Waals surface area contributed by atoms with E-state index >= 15 is 0 Å². The molecule has 2 amide bonds. The molecule has 3 N–H and O–H groups in total. The van der Waals surface area contributed by atoms with E-state index in [9.17, 15) is 9.59 Å². The standard InChI is InChI=1S/C19H26N4O3/c1-23(19(25)14-21-18(24)13-20)11-7-3-6-10-16-12-17(22-26-16)15-8-4-2-5-9-15/h2,4-5,8-9,12H,3,6-7,10-11,13-14,20H2,1H3,(H,21,24). The van der Waals surface area contributed by atoms with Crippen molar-refractivity contribution >= 4 is 11.8 Å². The van der Waals surface area contributed by atoms with Crippen LogP contribution in [0.25, 0.3) is 11.3 Å². The molecule has 0 aliphatic rings. The van der Waals surface area contributed by atoms with E-state index in [-0.39, 0.29) is 24.9 Å². The van der Waals surface area contributed by atoms with Crippen molar-refractivity contribution in [2.45, 2.75) is 25.7 Å². The van der Waals surface area contributed by atoms with Crippen LogP contribution in [-0.4, -0.2) is 48.6 Å². The largest absolute Gasteiger partial charge is 0.361 e. The van der Waals surface area contributed by atoms with E-state index in [0.717, 1.165) is 42.7 Å². The summed E-state index contributed by atoms with van der Waals surface area (Å²) in [5.41, 5.74) is 7.08. The molecule has 7 nitrogen and oxygen atoms in total. The molecular weight excluding hydrogens is 332 g/mol. The number of likely N-dealkylation sites (N-methyl/N-ethyl adjacent to an activating group) is 1. The first kappa shape index (κ1) is 19.7. The topological polar surface area (TPSA) is 101 Å². The summed E-state index contributed by atoms with van der Waals surface area (Å²) in [6.45, 7) is 0.542. The predicted octanol–water partition coefficient (Wildman–Crippen LogP) is 1.59. The smallest absolute Gasteiger partial charge is 0.241 e. The summed E-state index contributed by atoms with van der Waals surface area (Å²) in [5.74, 6) is 0.431. The maximum absolute atomic E-state index is 11.8. The van der Waals surface area contributed by atoms with E-state index < -0.39 is 0 Å². The Morgan fingerprint density at radius 2 is 1.96 bits per heavy atom. The van der Waals surface area contributed by atoms with Gasteiger partial charge in [0.05, 0.1) is 13.1 Å². The number of aryl methyl sites for hydroxylation is 1. The Bertz CT molecular complexity index is 700. The predicted molar refractivity (Wildman–Crippen MR) is 99.2 cm³/mol. The van der Waals surface area contributed by atoms with Gasteiger partial charge in [-0.05, 0) is 12.8 Å².